The Balaban J connectivity index is 3.64. The van der Waals surface area contributed by atoms with Gasteiger partial charge in [0.2, 0.25) is 0 Å². The van der Waals surface area contributed by atoms with Crippen LogP contribution in [0.1, 0.15) is 156 Å². The molecule has 0 aromatic carbocycles. The van der Waals surface area contributed by atoms with Gasteiger partial charge < -0.3 is 10.2 Å². The maximum Gasteiger partial charge on any atom is 0.0542 e. The minimum Gasteiger partial charge on any atom is -0.393 e. The lowest BCUT2D eigenvalue weighted by atomic mass is 9.85. The molecule has 0 fully saturated rings. The zero-order chi connectivity index (χ0) is 22.5. The average Bonchev–Trinajstić information content (AvgIpc) is 2.71. The first-order chi connectivity index (χ1) is 14.5. The molecule has 0 aromatic rings. The van der Waals surface area contributed by atoms with Gasteiger partial charge in [0.15, 0.2) is 0 Å². The predicted octanol–water partition coefficient (Wildman–Crippen LogP) is 8.82. The van der Waals surface area contributed by atoms with Crippen molar-refractivity contribution >= 4 is 0 Å². The van der Waals surface area contributed by atoms with E-state index in [-0.39, 0.29) is 12.2 Å². The van der Waals surface area contributed by atoms with Crippen LogP contribution in [-0.4, -0.2) is 22.4 Å². The smallest absolute Gasteiger partial charge is 0.0542 e. The van der Waals surface area contributed by atoms with E-state index in [0.717, 1.165) is 38.5 Å². The quantitative estimate of drug-likeness (QED) is 0.160. The minimum absolute atomic E-state index is 0.160. The second-order valence-electron chi connectivity index (χ2n) is 10.3. The molecule has 2 heteroatoms. The first kappa shape index (κ1) is 29.9. The number of aliphatic hydroxyl groups excluding tert-OH is 2. The molecule has 2 N–H and O–H groups in total. The molecule has 0 rings (SSSR count). The maximum atomic E-state index is 10.4. The van der Waals surface area contributed by atoms with Crippen molar-refractivity contribution in [3.05, 3.63) is 0 Å². The van der Waals surface area contributed by atoms with Crippen LogP contribution < -0.4 is 0 Å². The number of unbranched alkanes of at least 4 members (excludes halogenated alkanes) is 14. The molecule has 182 valence electrons. The van der Waals surface area contributed by atoms with E-state index in [1.807, 2.05) is 0 Å². The first-order valence-corrected chi connectivity index (χ1v) is 13.9. The van der Waals surface area contributed by atoms with Crippen molar-refractivity contribution in [1.29, 1.82) is 0 Å². The van der Waals surface area contributed by atoms with E-state index in [2.05, 4.69) is 27.7 Å². The molecule has 0 radical (unpaired) electrons. The molecule has 0 aliphatic carbocycles. The fourth-order valence-electron chi connectivity index (χ4n) is 4.59. The zero-order valence-electron chi connectivity index (χ0n) is 21.3. The van der Waals surface area contributed by atoms with Gasteiger partial charge in [-0.05, 0) is 37.5 Å². The lowest BCUT2D eigenvalue weighted by Gasteiger charge is -2.25. The average molecular weight is 427 g/mol. The molecule has 0 bridgehead atoms. The number of hydrogen-bond donors (Lipinski definition) is 2. The molecule has 0 aromatic heterocycles. The topological polar surface area (TPSA) is 40.5 Å². The Kier molecular flexibility index (Phi) is 22.1. The molecule has 0 heterocycles. The van der Waals surface area contributed by atoms with Gasteiger partial charge in [0, 0.05) is 0 Å². The molecule has 4 atom stereocenters. The van der Waals surface area contributed by atoms with Crippen LogP contribution in [0.2, 0.25) is 0 Å². The lowest BCUT2D eigenvalue weighted by Crippen LogP contribution is -2.21. The third kappa shape index (κ3) is 19.9. The summed E-state index contributed by atoms with van der Waals surface area (Å²) in [6.07, 6.45) is 24.5. The van der Waals surface area contributed by atoms with Crippen molar-refractivity contribution in [1.82, 2.24) is 0 Å². The Hall–Kier alpha value is -0.0800. The molecule has 0 saturated heterocycles. The van der Waals surface area contributed by atoms with Crippen molar-refractivity contribution in [2.75, 3.05) is 0 Å². The van der Waals surface area contributed by atoms with Gasteiger partial charge in [-0.1, -0.05) is 130 Å². The highest BCUT2D eigenvalue weighted by molar-refractivity contribution is 4.71. The van der Waals surface area contributed by atoms with Crippen LogP contribution in [0, 0.1) is 11.8 Å². The highest BCUT2D eigenvalue weighted by Crippen LogP contribution is 2.25. The Morgan fingerprint density at radius 3 is 1.00 bits per heavy atom. The fourth-order valence-corrected chi connectivity index (χ4v) is 4.59. The summed E-state index contributed by atoms with van der Waals surface area (Å²) in [5, 5.41) is 20.8. The molecule has 2 nitrogen and oxygen atoms in total. The van der Waals surface area contributed by atoms with E-state index >= 15 is 0 Å². The lowest BCUT2D eigenvalue weighted by molar-refractivity contribution is 0.0904. The predicted molar refractivity (Wildman–Crippen MR) is 134 cm³/mol. The largest absolute Gasteiger partial charge is 0.393 e. The Bertz CT molecular complexity index is 299. The molecule has 0 aliphatic rings. The monoisotopic (exact) mass is 426 g/mol. The summed E-state index contributed by atoms with van der Waals surface area (Å²) >= 11 is 0. The van der Waals surface area contributed by atoms with Gasteiger partial charge in [-0.3, -0.25) is 0 Å². The zero-order valence-corrected chi connectivity index (χ0v) is 21.3. The van der Waals surface area contributed by atoms with Crippen molar-refractivity contribution in [2.24, 2.45) is 11.8 Å². The number of hydrogen-bond acceptors (Lipinski definition) is 2. The summed E-state index contributed by atoms with van der Waals surface area (Å²) in [4.78, 5) is 0. The van der Waals surface area contributed by atoms with Crippen LogP contribution in [0.3, 0.4) is 0 Å². The Morgan fingerprint density at radius 2 is 0.700 bits per heavy atom. The molecular weight excluding hydrogens is 368 g/mol. The van der Waals surface area contributed by atoms with Crippen molar-refractivity contribution in [3.8, 4) is 0 Å². The standard InChI is InChI=1S/C28H58O2/c1-5-7-9-11-13-15-17-19-21-27(29)23-25(3)26(4)24-28(30)22-20-18-16-14-12-10-8-6-2/h25-30H,5-24H2,1-4H3. The second-order valence-corrected chi connectivity index (χ2v) is 10.3. The number of rotatable bonds is 23. The SMILES string of the molecule is CCCCCCCCCCC(O)CC(C)C(C)CC(O)CCCCCCCCCC. The molecule has 4 unspecified atom stereocenters. The van der Waals surface area contributed by atoms with Gasteiger partial charge in [0.05, 0.1) is 12.2 Å². The summed E-state index contributed by atoms with van der Waals surface area (Å²) in [5.41, 5.74) is 0. The van der Waals surface area contributed by atoms with E-state index in [1.54, 1.807) is 0 Å². The Labute approximate surface area is 190 Å². The number of aliphatic hydroxyl groups is 2. The Morgan fingerprint density at radius 1 is 0.433 bits per heavy atom. The highest BCUT2D eigenvalue weighted by Gasteiger charge is 2.19. The van der Waals surface area contributed by atoms with E-state index < -0.39 is 0 Å². The molecular formula is C28H58O2. The summed E-state index contributed by atoms with van der Waals surface area (Å²) in [6, 6.07) is 0. The van der Waals surface area contributed by atoms with Crippen LogP contribution in [0.5, 0.6) is 0 Å². The van der Waals surface area contributed by atoms with Crippen molar-refractivity contribution in [3.63, 3.8) is 0 Å². The third-order valence-corrected chi connectivity index (χ3v) is 7.04. The van der Waals surface area contributed by atoms with Crippen LogP contribution in [0.25, 0.3) is 0 Å². The van der Waals surface area contributed by atoms with Crippen LogP contribution in [-0.2, 0) is 0 Å². The summed E-state index contributed by atoms with van der Waals surface area (Å²) in [5.74, 6) is 0.976. The van der Waals surface area contributed by atoms with Crippen LogP contribution in [0.15, 0.2) is 0 Å². The van der Waals surface area contributed by atoms with E-state index in [4.69, 9.17) is 0 Å². The highest BCUT2D eigenvalue weighted by atomic mass is 16.3. The fraction of sp³-hybridized carbons (Fsp3) is 1.00. The van der Waals surface area contributed by atoms with E-state index in [1.165, 1.54) is 89.9 Å². The molecule has 0 saturated carbocycles. The maximum absolute atomic E-state index is 10.4. The molecule has 0 amide bonds. The van der Waals surface area contributed by atoms with Gasteiger partial charge in [-0.25, -0.2) is 0 Å². The second kappa shape index (κ2) is 22.1. The van der Waals surface area contributed by atoms with Crippen molar-refractivity contribution < 1.29 is 10.2 Å². The first-order valence-electron chi connectivity index (χ1n) is 13.9. The van der Waals surface area contributed by atoms with Gasteiger partial charge >= 0.3 is 0 Å². The normalized spacial score (nSPS) is 15.8. The van der Waals surface area contributed by atoms with Gasteiger partial charge in [0.1, 0.15) is 0 Å². The summed E-state index contributed by atoms with van der Waals surface area (Å²) < 4.78 is 0. The summed E-state index contributed by atoms with van der Waals surface area (Å²) in [6.45, 7) is 9.04. The van der Waals surface area contributed by atoms with Crippen LogP contribution in [0.4, 0.5) is 0 Å². The molecule has 0 spiro atoms. The third-order valence-electron chi connectivity index (χ3n) is 7.04. The van der Waals surface area contributed by atoms with Gasteiger partial charge in [0.25, 0.3) is 0 Å². The van der Waals surface area contributed by atoms with Gasteiger partial charge in [-0.15, -0.1) is 0 Å². The van der Waals surface area contributed by atoms with Gasteiger partial charge in [-0.2, -0.15) is 0 Å². The molecule has 30 heavy (non-hydrogen) atoms. The van der Waals surface area contributed by atoms with E-state index in [0.29, 0.717) is 11.8 Å². The van der Waals surface area contributed by atoms with Crippen LogP contribution >= 0.6 is 0 Å². The summed E-state index contributed by atoms with van der Waals surface area (Å²) in [7, 11) is 0. The van der Waals surface area contributed by atoms with E-state index in [9.17, 15) is 10.2 Å². The molecule has 0 aliphatic heterocycles. The minimum atomic E-state index is -0.160. The van der Waals surface area contributed by atoms with Crippen molar-refractivity contribution in [2.45, 2.75) is 168 Å².